The fourth-order valence-electron chi connectivity index (χ4n) is 2.19. The predicted molar refractivity (Wildman–Crippen MR) is 78.3 cm³/mol. The van der Waals surface area contributed by atoms with E-state index in [1.807, 2.05) is 32.3 Å². The van der Waals surface area contributed by atoms with Crippen LogP contribution in [0.25, 0.3) is 0 Å². The first-order valence-electron chi connectivity index (χ1n) is 6.79. The molecule has 0 fully saturated rings. The standard InChI is InChI=1S/C16H18FN3O/c1-12(16(21)15-6-5-14(17)9-19-15)10-20(2)11-13-4-3-7-18-8-13/h3-9,12H,10-11H2,1-2H3. The van der Waals surface area contributed by atoms with Gasteiger partial charge in [0.25, 0.3) is 0 Å². The number of ketones is 1. The fourth-order valence-corrected chi connectivity index (χ4v) is 2.19. The van der Waals surface area contributed by atoms with Crippen molar-refractivity contribution in [2.24, 2.45) is 5.92 Å². The molecule has 0 aliphatic carbocycles. The van der Waals surface area contributed by atoms with Gasteiger partial charge in [-0.1, -0.05) is 13.0 Å². The molecule has 4 nitrogen and oxygen atoms in total. The second-order valence-corrected chi connectivity index (χ2v) is 5.18. The molecule has 0 saturated heterocycles. The molecule has 110 valence electrons. The summed E-state index contributed by atoms with van der Waals surface area (Å²) < 4.78 is 12.8. The lowest BCUT2D eigenvalue weighted by Crippen LogP contribution is -2.29. The maximum absolute atomic E-state index is 12.8. The number of hydrogen-bond donors (Lipinski definition) is 0. The molecule has 5 heteroatoms. The second-order valence-electron chi connectivity index (χ2n) is 5.18. The normalized spacial score (nSPS) is 12.4. The van der Waals surface area contributed by atoms with E-state index in [1.54, 1.807) is 6.20 Å². The van der Waals surface area contributed by atoms with Gasteiger partial charge in [0.2, 0.25) is 0 Å². The monoisotopic (exact) mass is 287 g/mol. The van der Waals surface area contributed by atoms with E-state index < -0.39 is 5.82 Å². The van der Waals surface area contributed by atoms with Crippen molar-refractivity contribution in [2.75, 3.05) is 13.6 Å². The second kappa shape index (κ2) is 7.04. The molecule has 0 N–H and O–H groups in total. The van der Waals surface area contributed by atoms with Gasteiger partial charge >= 0.3 is 0 Å². The van der Waals surface area contributed by atoms with Crippen LogP contribution in [0.5, 0.6) is 0 Å². The highest BCUT2D eigenvalue weighted by Gasteiger charge is 2.18. The van der Waals surface area contributed by atoms with Gasteiger partial charge in [-0.25, -0.2) is 4.39 Å². The average Bonchev–Trinajstić information content (AvgIpc) is 2.48. The topological polar surface area (TPSA) is 46.1 Å². The summed E-state index contributed by atoms with van der Waals surface area (Å²) in [5, 5.41) is 0. The molecule has 0 aromatic carbocycles. The Kier molecular flexibility index (Phi) is 5.11. The van der Waals surface area contributed by atoms with Gasteiger partial charge in [0.15, 0.2) is 5.78 Å². The van der Waals surface area contributed by atoms with Gasteiger partial charge in [-0.05, 0) is 30.8 Å². The van der Waals surface area contributed by atoms with Crippen LogP contribution in [0.1, 0.15) is 23.0 Å². The average molecular weight is 287 g/mol. The Morgan fingerprint density at radius 3 is 2.76 bits per heavy atom. The highest BCUT2D eigenvalue weighted by molar-refractivity contribution is 5.95. The minimum Gasteiger partial charge on any atom is -0.301 e. The first-order valence-corrected chi connectivity index (χ1v) is 6.79. The highest BCUT2D eigenvalue weighted by Crippen LogP contribution is 2.10. The van der Waals surface area contributed by atoms with Crippen LogP contribution in [0.4, 0.5) is 4.39 Å². The van der Waals surface area contributed by atoms with Crippen molar-refractivity contribution in [2.45, 2.75) is 13.5 Å². The molecule has 0 radical (unpaired) electrons. The largest absolute Gasteiger partial charge is 0.301 e. The summed E-state index contributed by atoms with van der Waals surface area (Å²) in [6.45, 7) is 3.18. The van der Waals surface area contributed by atoms with Crippen LogP contribution in [0.15, 0.2) is 42.9 Å². The Morgan fingerprint density at radius 2 is 2.14 bits per heavy atom. The van der Waals surface area contributed by atoms with Crippen LogP contribution in [-0.2, 0) is 6.54 Å². The zero-order valence-electron chi connectivity index (χ0n) is 12.2. The maximum atomic E-state index is 12.8. The summed E-state index contributed by atoms with van der Waals surface area (Å²) in [6.07, 6.45) is 4.61. The molecule has 1 unspecified atom stereocenters. The maximum Gasteiger partial charge on any atom is 0.185 e. The summed E-state index contributed by atoms with van der Waals surface area (Å²) in [5.74, 6) is -0.717. The number of halogens is 1. The summed E-state index contributed by atoms with van der Waals surface area (Å²) in [6, 6.07) is 6.57. The summed E-state index contributed by atoms with van der Waals surface area (Å²) in [7, 11) is 1.95. The van der Waals surface area contributed by atoms with E-state index in [2.05, 4.69) is 14.9 Å². The molecule has 2 rings (SSSR count). The first kappa shape index (κ1) is 15.3. The molecular formula is C16H18FN3O. The molecule has 2 aromatic rings. The fraction of sp³-hybridized carbons (Fsp3) is 0.312. The Bertz CT molecular complexity index is 586. The van der Waals surface area contributed by atoms with Gasteiger partial charge in [0.05, 0.1) is 6.20 Å². The molecule has 0 saturated carbocycles. The zero-order chi connectivity index (χ0) is 15.2. The Morgan fingerprint density at radius 1 is 1.33 bits per heavy atom. The van der Waals surface area contributed by atoms with Crippen molar-refractivity contribution in [1.29, 1.82) is 0 Å². The number of aromatic nitrogens is 2. The molecule has 0 amide bonds. The Labute approximate surface area is 123 Å². The first-order chi connectivity index (χ1) is 10.1. The van der Waals surface area contributed by atoms with Gasteiger partial charge in [0, 0.05) is 31.4 Å². The molecule has 0 aliphatic rings. The number of rotatable bonds is 6. The quantitative estimate of drug-likeness (QED) is 0.766. The lowest BCUT2D eigenvalue weighted by molar-refractivity contribution is 0.0895. The van der Waals surface area contributed by atoms with E-state index in [0.717, 1.165) is 18.3 Å². The van der Waals surface area contributed by atoms with Gasteiger partial charge in [-0.2, -0.15) is 0 Å². The highest BCUT2D eigenvalue weighted by atomic mass is 19.1. The zero-order valence-corrected chi connectivity index (χ0v) is 12.2. The summed E-state index contributed by atoms with van der Waals surface area (Å²) >= 11 is 0. The van der Waals surface area contributed by atoms with E-state index in [1.165, 1.54) is 12.1 Å². The molecular weight excluding hydrogens is 269 g/mol. The third kappa shape index (κ3) is 4.43. The van der Waals surface area contributed by atoms with Gasteiger partial charge in [0.1, 0.15) is 11.5 Å². The molecule has 0 spiro atoms. The number of carbonyl (C=O) groups excluding carboxylic acids is 1. The number of pyridine rings is 2. The summed E-state index contributed by atoms with van der Waals surface area (Å²) in [5.41, 5.74) is 1.40. The molecule has 21 heavy (non-hydrogen) atoms. The SMILES string of the molecule is CC(CN(C)Cc1cccnc1)C(=O)c1ccc(F)cn1. The van der Waals surface area contributed by atoms with Crippen LogP contribution in [0.3, 0.4) is 0 Å². The van der Waals surface area contributed by atoms with Crippen molar-refractivity contribution < 1.29 is 9.18 Å². The third-order valence-electron chi connectivity index (χ3n) is 3.19. The molecule has 2 heterocycles. The van der Waals surface area contributed by atoms with Crippen molar-refractivity contribution in [3.05, 3.63) is 59.9 Å². The number of Topliss-reactive ketones (excluding diaryl/α,β-unsaturated/α-hetero) is 1. The smallest absolute Gasteiger partial charge is 0.185 e. The van der Waals surface area contributed by atoms with Crippen LogP contribution in [0, 0.1) is 11.7 Å². The Balaban J connectivity index is 1.92. The van der Waals surface area contributed by atoms with E-state index in [-0.39, 0.29) is 11.7 Å². The van der Waals surface area contributed by atoms with Crippen LogP contribution >= 0.6 is 0 Å². The van der Waals surface area contributed by atoms with Crippen molar-refractivity contribution in [3.8, 4) is 0 Å². The number of hydrogen-bond acceptors (Lipinski definition) is 4. The predicted octanol–water partition coefficient (Wildman–Crippen LogP) is 2.57. The van der Waals surface area contributed by atoms with Gasteiger partial charge in [-0.15, -0.1) is 0 Å². The van der Waals surface area contributed by atoms with E-state index in [4.69, 9.17) is 0 Å². The van der Waals surface area contributed by atoms with Gasteiger partial charge in [-0.3, -0.25) is 14.8 Å². The Hall–Kier alpha value is -2.14. The number of carbonyl (C=O) groups is 1. The lowest BCUT2D eigenvalue weighted by atomic mass is 10.0. The summed E-state index contributed by atoms with van der Waals surface area (Å²) in [4.78, 5) is 22.2. The van der Waals surface area contributed by atoms with Gasteiger partial charge < -0.3 is 4.90 Å². The molecule has 0 aliphatic heterocycles. The molecule has 1 atom stereocenters. The molecule has 0 bridgehead atoms. The van der Waals surface area contributed by atoms with E-state index in [0.29, 0.717) is 12.2 Å². The molecule has 2 aromatic heterocycles. The van der Waals surface area contributed by atoms with E-state index in [9.17, 15) is 9.18 Å². The minimum absolute atomic E-state index is 0.0759. The third-order valence-corrected chi connectivity index (χ3v) is 3.19. The lowest BCUT2D eigenvalue weighted by Gasteiger charge is -2.20. The van der Waals surface area contributed by atoms with Crippen LogP contribution < -0.4 is 0 Å². The van der Waals surface area contributed by atoms with Crippen molar-refractivity contribution in [1.82, 2.24) is 14.9 Å². The van der Waals surface area contributed by atoms with Crippen LogP contribution in [-0.4, -0.2) is 34.2 Å². The van der Waals surface area contributed by atoms with Crippen LogP contribution in [0.2, 0.25) is 0 Å². The number of nitrogens with zero attached hydrogens (tertiary/aromatic N) is 3. The van der Waals surface area contributed by atoms with Crippen molar-refractivity contribution >= 4 is 5.78 Å². The van der Waals surface area contributed by atoms with Crippen molar-refractivity contribution in [3.63, 3.8) is 0 Å². The minimum atomic E-state index is -0.437. The van der Waals surface area contributed by atoms with E-state index >= 15 is 0 Å².